The molecule has 0 aromatic rings. The Kier molecular flexibility index (Phi) is 2.83. The highest BCUT2D eigenvalue weighted by Crippen LogP contribution is 2.61. The van der Waals surface area contributed by atoms with Crippen molar-refractivity contribution in [1.29, 1.82) is 0 Å². The molecular formula is C15H26N2. The number of nitrogens with two attached hydrogens (primary N) is 1. The van der Waals surface area contributed by atoms with Crippen LogP contribution >= 0.6 is 0 Å². The molecule has 4 bridgehead atoms. The van der Waals surface area contributed by atoms with Crippen molar-refractivity contribution in [3.8, 4) is 0 Å². The molecule has 0 heterocycles. The van der Waals surface area contributed by atoms with Gasteiger partial charge >= 0.3 is 0 Å². The monoisotopic (exact) mass is 234 g/mol. The third kappa shape index (κ3) is 1.96. The van der Waals surface area contributed by atoms with Gasteiger partial charge in [0.05, 0.1) is 0 Å². The summed E-state index contributed by atoms with van der Waals surface area (Å²) in [6, 6.07) is 0.466. The molecular weight excluding hydrogens is 208 g/mol. The zero-order valence-electron chi connectivity index (χ0n) is 11.0. The average molecular weight is 234 g/mol. The van der Waals surface area contributed by atoms with Crippen LogP contribution in [0.25, 0.3) is 0 Å². The van der Waals surface area contributed by atoms with Gasteiger partial charge in [-0.15, -0.1) is 6.58 Å². The van der Waals surface area contributed by atoms with E-state index in [1.54, 1.807) is 0 Å². The first-order valence-electron chi connectivity index (χ1n) is 7.22. The Bertz CT molecular complexity index is 286. The van der Waals surface area contributed by atoms with Crippen molar-refractivity contribution in [2.24, 2.45) is 29.0 Å². The minimum absolute atomic E-state index is 0.466. The van der Waals surface area contributed by atoms with Gasteiger partial charge in [0.15, 0.2) is 0 Å². The second kappa shape index (κ2) is 4.10. The molecule has 0 amide bonds. The predicted octanol–water partition coefficient (Wildman–Crippen LogP) is 3.00. The molecule has 1 atom stereocenters. The van der Waals surface area contributed by atoms with Crippen molar-refractivity contribution in [3.05, 3.63) is 12.2 Å². The summed E-state index contributed by atoms with van der Waals surface area (Å²) in [7, 11) is 0. The van der Waals surface area contributed by atoms with Crippen LogP contribution in [0.1, 0.15) is 51.9 Å². The summed E-state index contributed by atoms with van der Waals surface area (Å²) in [4.78, 5) is 0. The maximum absolute atomic E-state index is 5.85. The van der Waals surface area contributed by atoms with E-state index in [0.717, 1.165) is 24.2 Å². The minimum atomic E-state index is 0.466. The van der Waals surface area contributed by atoms with Crippen LogP contribution in [0.15, 0.2) is 12.2 Å². The summed E-state index contributed by atoms with van der Waals surface area (Å²) in [5, 5.41) is 0. The van der Waals surface area contributed by atoms with Gasteiger partial charge in [0.1, 0.15) is 0 Å². The Hall–Kier alpha value is -0.340. The Labute approximate surface area is 105 Å². The van der Waals surface area contributed by atoms with E-state index < -0.39 is 0 Å². The van der Waals surface area contributed by atoms with Gasteiger partial charge in [0.2, 0.25) is 0 Å². The van der Waals surface area contributed by atoms with Gasteiger partial charge in [0.25, 0.3) is 0 Å². The van der Waals surface area contributed by atoms with E-state index in [4.69, 9.17) is 5.84 Å². The van der Waals surface area contributed by atoms with E-state index >= 15 is 0 Å². The van der Waals surface area contributed by atoms with Gasteiger partial charge in [-0.25, -0.2) is 0 Å². The van der Waals surface area contributed by atoms with Gasteiger partial charge in [-0.05, 0) is 75.0 Å². The zero-order chi connectivity index (χ0) is 12.0. The van der Waals surface area contributed by atoms with Crippen LogP contribution in [0.2, 0.25) is 0 Å². The largest absolute Gasteiger partial charge is 0.271 e. The van der Waals surface area contributed by atoms with Gasteiger partial charge in [-0.2, -0.15) is 0 Å². The molecule has 2 nitrogen and oxygen atoms in total. The SMILES string of the molecule is C=C(C)CC(NN)C12CC3CC(CC(C3)C1)C2. The predicted molar refractivity (Wildman–Crippen MR) is 71.1 cm³/mol. The number of nitrogens with one attached hydrogen (secondary N) is 1. The van der Waals surface area contributed by atoms with Crippen LogP contribution in [-0.2, 0) is 0 Å². The number of hydrogen-bond acceptors (Lipinski definition) is 2. The maximum atomic E-state index is 5.85. The van der Waals surface area contributed by atoms with Crippen LogP contribution in [0.5, 0.6) is 0 Å². The lowest BCUT2D eigenvalue weighted by atomic mass is 9.47. The van der Waals surface area contributed by atoms with E-state index in [0.29, 0.717) is 11.5 Å². The molecule has 96 valence electrons. The van der Waals surface area contributed by atoms with Gasteiger partial charge in [0, 0.05) is 6.04 Å². The molecule has 1 unspecified atom stereocenters. The lowest BCUT2D eigenvalue weighted by Gasteiger charge is -2.59. The molecule has 0 aromatic heterocycles. The van der Waals surface area contributed by atoms with Crippen molar-refractivity contribution < 1.29 is 0 Å². The second-order valence-electron chi connectivity index (χ2n) is 7.16. The lowest BCUT2D eigenvalue weighted by Crippen LogP contribution is -2.57. The third-order valence-electron chi connectivity index (χ3n) is 5.58. The second-order valence-corrected chi connectivity index (χ2v) is 7.16. The number of hydrazine groups is 1. The summed E-state index contributed by atoms with van der Waals surface area (Å²) in [6.45, 7) is 6.20. The molecule has 2 heteroatoms. The molecule has 3 N–H and O–H groups in total. The third-order valence-corrected chi connectivity index (χ3v) is 5.58. The lowest BCUT2D eigenvalue weighted by molar-refractivity contribution is -0.0736. The Balaban J connectivity index is 1.82. The normalized spacial score (nSPS) is 44.9. The van der Waals surface area contributed by atoms with Crippen LogP contribution in [-0.4, -0.2) is 6.04 Å². The molecule has 0 saturated heterocycles. The van der Waals surface area contributed by atoms with Crippen LogP contribution in [0, 0.1) is 23.2 Å². The topological polar surface area (TPSA) is 38.0 Å². The maximum Gasteiger partial charge on any atom is 0.0304 e. The van der Waals surface area contributed by atoms with E-state index in [1.165, 1.54) is 44.1 Å². The Morgan fingerprint density at radius 3 is 2.06 bits per heavy atom. The van der Waals surface area contributed by atoms with Crippen LogP contribution < -0.4 is 11.3 Å². The summed E-state index contributed by atoms with van der Waals surface area (Å²) in [5.74, 6) is 8.86. The van der Waals surface area contributed by atoms with Gasteiger partial charge in [-0.1, -0.05) is 5.57 Å². The van der Waals surface area contributed by atoms with E-state index in [-0.39, 0.29) is 0 Å². The molecule has 0 radical (unpaired) electrons. The Morgan fingerprint density at radius 2 is 1.71 bits per heavy atom. The van der Waals surface area contributed by atoms with E-state index in [1.807, 2.05) is 0 Å². The first kappa shape index (κ1) is 11.7. The van der Waals surface area contributed by atoms with E-state index in [2.05, 4.69) is 18.9 Å². The number of hydrogen-bond donors (Lipinski definition) is 2. The van der Waals surface area contributed by atoms with Crippen molar-refractivity contribution >= 4 is 0 Å². The van der Waals surface area contributed by atoms with Crippen molar-refractivity contribution in [1.82, 2.24) is 5.43 Å². The number of rotatable bonds is 4. The highest BCUT2D eigenvalue weighted by Gasteiger charge is 2.53. The Morgan fingerprint density at radius 1 is 1.24 bits per heavy atom. The van der Waals surface area contributed by atoms with E-state index in [9.17, 15) is 0 Å². The van der Waals surface area contributed by atoms with Gasteiger partial charge < -0.3 is 0 Å². The average Bonchev–Trinajstić information content (AvgIpc) is 2.23. The first-order valence-corrected chi connectivity index (χ1v) is 7.22. The van der Waals surface area contributed by atoms with Gasteiger partial charge in [-0.3, -0.25) is 11.3 Å². The fourth-order valence-electron chi connectivity index (χ4n) is 5.41. The summed E-state index contributed by atoms with van der Waals surface area (Å²) in [6.07, 6.45) is 9.82. The standard InChI is InChI=1S/C15H26N2/c1-10(2)3-14(17-16)15-7-11-4-12(8-15)6-13(5-11)9-15/h11-14,17H,1,3-9,16H2,2H3. The van der Waals surface area contributed by atoms with Crippen LogP contribution in [0.3, 0.4) is 0 Å². The van der Waals surface area contributed by atoms with Crippen LogP contribution in [0.4, 0.5) is 0 Å². The molecule has 17 heavy (non-hydrogen) atoms. The fourth-order valence-corrected chi connectivity index (χ4v) is 5.41. The zero-order valence-corrected chi connectivity index (χ0v) is 11.0. The highest BCUT2D eigenvalue weighted by molar-refractivity contribution is 5.08. The quantitative estimate of drug-likeness (QED) is 0.446. The summed E-state index contributed by atoms with van der Waals surface area (Å²) < 4.78 is 0. The van der Waals surface area contributed by atoms with Crippen molar-refractivity contribution in [2.75, 3.05) is 0 Å². The summed E-state index contributed by atoms with van der Waals surface area (Å²) in [5.41, 5.74) is 4.90. The molecule has 0 aliphatic heterocycles. The summed E-state index contributed by atoms with van der Waals surface area (Å²) >= 11 is 0. The first-order chi connectivity index (χ1) is 8.11. The molecule has 0 spiro atoms. The molecule has 4 aliphatic carbocycles. The molecule has 0 aromatic carbocycles. The molecule has 4 saturated carbocycles. The molecule has 4 fully saturated rings. The van der Waals surface area contributed by atoms with Crippen molar-refractivity contribution in [3.63, 3.8) is 0 Å². The van der Waals surface area contributed by atoms with Crippen molar-refractivity contribution in [2.45, 2.75) is 57.9 Å². The minimum Gasteiger partial charge on any atom is -0.271 e. The smallest absolute Gasteiger partial charge is 0.0304 e. The fraction of sp³-hybridized carbons (Fsp3) is 0.867. The molecule has 4 rings (SSSR count). The highest BCUT2D eigenvalue weighted by atomic mass is 15.2. The molecule has 4 aliphatic rings.